The number of pyridine rings is 1. The number of benzene rings is 2. The molecule has 0 atom stereocenters. The fourth-order valence-corrected chi connectivity index (χ4v) is 2.51. The maximum atomic E-state index is 4.45. The minimum atomic E-state index is 0.976. The molecule has 2 heterocycles. The zero-order valence-electron chi connectivity index (χ0n) is 10.2. The van der Waals surface area contributed by atoms with Gasteiger partial charge in [0.15, 0.2) is 0 Å². The molecule has 0 aliphatic rings. The van der Waals surface area contributed by atoms with Gasteiger partial charge in [-0.05, 0) is 23.6 Å². The van der Waals surface area contributed by atoms with Crippen molar-refractivity contribution >= 4 is 21.8 Å². The first kappa shape index (κ1) is 10.3. The molecule has 1 N–H and O–H groups in total. The second-order valence-corrected chi connectivity index (χ2v) is 4.48. The van der Waals surface area contributed by atoms with Crippen LogP contribution in [0, 0.1) is 0 Å². The zero-order valence-corrected chi connectivity index (χ0v) is 10.2. The second kappa shape index (κ2) is 3.92. The van der Waals surface area contributed by atoms with E-state index in [2.05, 4.69) is 45.3 Å². The van der Waals surface area contributed by atoms with Gasteiger partial charge in [0.1, 0.15) is 0 Å². The number of nitrogens with one attached hydrogen (secondary N) is 1. The van der Waals surface area contributed by atoms with E-state index in [4.69, 9.17) is 0 Å². The summed E-state index contributed by atoms with van der Waals surface area (Å²) in [5, 5.41) is 2.34. The molecule has 2 aromatic carbocycles. The highest BCUT2D eigenvalue weighted by Gasteiger charge is 2.09. The highest BCUT2D eigenvalue weighted by molar-refractivity contribution is 6.11. The normalized spacial score (nSPS) is 11.2. The van der Waals surface area contributed by atoms with Crippen molar-refractivity contribution in [2.45, 2.75) is 0 Å². The van der Waals surface area contributed by atoms with E-state index in [1.54, 1.807) is 6.33 Å². The Morgan fingerprint density at radius 1 is 0.842 bits per heavy atom. The Morgan fingerprint density at radius 3 is 2.74 bits per heavy atom. The van der Waals surface area contributed by atoms with Crippen molar-refractivity contribution in [1.82, 2.24) is 15.0 Å². The average Bonchev–Trinajstić information content (AvgIpc) is 2.96. The molecule has 0 fully saturated rings. The fourth-order valence-electron chi connectivity index (χ4n) is 2.51. The molecular weight excluding hydrogens is 234 g/mol. The standard InChI is InChI=1S/C16H11N3/c1-2-9-17-13(6-1)12-5-3-4-11-7-8-14-16(15(11)12)19-10-18-14/h1-10H,(H,18,19). The molecule has 0 saturated carbocycles. The lowest BCUT2D eigenvalue weighted by molar-refractivity contribution is 1.33. The summed E-state index contributed by atoms with van der Waals surface area (Å²) in [7, 11) is 0. The quantitative estimate of drug-likeness (QED) is 0.554. The Bertz CT molecular complexity index is 863. The number of nitrogens with zero attached hydrogens (tertiary/aromatic N) is 2. The van der Waals surface area contributed by atoms with Gasteiger partial charge in [0, 0.05) is 17.1 Å². The average molecular weight is 245 g/mol. The van der Waals surface area contributed by atoms with Gasteiger partial charge in [-0.15, -0.1) is 0 Å². The molecule has 0 aliphatic carbocycles. The summed E-state index contributed by atoms with van der Waals surface area (Å²) < 4.78 is 0. The van der Waals surface area contributed by atoms with E-state index in [1.165, 1.54) is 5.39 Å². The Labute approximate surface area is 110 Å². The molecular formula is C16H11N3. The van der Waals surface area contributed by atoms with Crippen LogP contribution in [0.4, 0.5) is 0 Å². The van der Waals surface area contributed by atoms with Crippen LogP contribution < -0.4 is 0 Å². The minimum Gasteiger partial charge on any atom is -0.345 e. The van der Waals surface area contributed by atoms with Gasteiger partial charge in [-0.3, -0.25) is 4.98 Å². The van der Waals surface area contributed by atoms with Crippen molar-refractivity contribution in [1.29, 1.82) is 0 Å². The fraction of sp³-hybridized carbons (Fsp3) is 0. The topological polar surface area (TPSA) is 41.6 Å². The molecule has 3 nitrogen and oxygen atoms in total. The third-order valence-corrected chi connectivity index (χ3v) is 3.37. The van der Waals surface area contributed by atoms with E-state index in [1.807, 2.05) is 24.4 Å². The van der Waals surface area contributed by atoms with E-state index in [0.29, 0.717) is 0 Å². The lowest BCUT2D eigenvalue weighted by Crippen LogP contribution is -1.85. The van der Waals surface area contributed by atoms with Crippen LogP contribution in [0.25, 0.3) is 33.1 Å². The Hall–Kier alpha value is -2.68. The first-order valence-corrected chi connectivity index (χ1v) is 6.20. The van der Waals surface area contributed by atoms with E-state index in [9.17, 15) is 0 Å². The van der Waals surface area contributed by atoms with Crippen LogP contribution in [0.2, 0.25) is 0 Å². The van der Waals surface area contributed by atoms with Gasteiger partial charge < -0.3 is 4.98 Å². The molecule has 3 heteroatoms. The number of hydrogen-bond acceptors (Lipinski definition) is 2. The summed E-state index contributed by atoms with van der Waals surface area (Å²) in [5.41, 5.74) is 4.15. The van der Waals surface area contributed by atoms with Crippen LogP contribution in [0.15, 0.2) is 61.1 Å². The molecule has 0 saturated heterocycles. The maximum absolute atomic E-state index is 4.45. The lowest BCUT2D eigenvalue weighted by atomic mass is 10.0. The number of rotatable bonds is 1. The summed E-state index contributed by atoms with van der Waals surface area (Å²) in [5.74, 6) is 0. The number of H-pyrrole nitrogens is 1. The SMILES string of the molecule is c1ccc(-c2cccc3ccc4[nH]cnc4c23)nc1. The Morgan fingerprint density at radius 2 is 1.84 bits per heavy atom. The van der Waals surface area contributed by atoms with Crippen LogP contribution in [-0.4, -0.2) is 15.0 Å². The highest BCUT2D eigenvalue weighted by Crippen LogP contribution is 2.31. The van der Waals surface area contributed by atoms with Gasteiger partial charge in [-0.1, -0.05) is 30.3 Å². The van der Waals surface area contributed by atoms with E-state index < -0.39 is 0 Å². The molecule has 90 valence electrons. The van der Waals surface area contributed by atoms with Gasteiger partial charge >= 0.3 is 0 Å². The number of hydrogen-bond donors (Lipinski definition) is 1. The van der Waals surface area contributed by atoms with Crippen LogP contribution in [0.3, 0.4) is 0 Å². The summed E-state index contributed by atoms with van der Waals surface area (Å²) in [4.78, 5) is 12.1. The largest absolute Gasteiger partial charge is 0.345 e. The number of imidazole rings is 1. The smallest absolute Gasteiger partial charge is 0.0967 e. The summed E-state index contributed by atoms with van der Waals surface area (Å²) in [6.07, 6.45) is 3.55. The monoisotopic (exact) mass is 245 g/mol. The van der Waals surface area contributed by atoms with Crippen LogP contribution in [0.5, 0.6) is 0 Å². The number of fused-ring (bicyclic) bond motifs is 3. The maximum Gasteiger partial charge on any atom is 0.0967 e. The highest BCUT2D eigenvalue weighted by atomic mass is 14.9. The van der Waals surface area contributed by atoms with Gasteiger partial charge in [-0.25, -0.2) is 4.98 Å². The summed E-state index contributed by atoms with van der Waals surface area (Å²) in [6.45, 7) is 0. The Kier molecular flexibility index (Phi) is 2.12. The van der Waals surface area contributed by atoms with Crippen molar-refractivity contribution in [2.75, 3.05) is 0 Å². The predicted molar refractivity (Wildman–Crippen MR) is 76.8 cm³/mol. The lowest BCUT2D eigenvalue weighted by Gasteiger charge is -2.06. The molecule has 0 spiro atoms. The van der Waals surface area contributed by atoms with E-state index >= 15 is 0 Å². The third kappa shape index (κ3) is 1.52. The zero-order chi connectivity index (χ0) is 12.7. The van der Waals surface area contributed by atoms with Gasteiger partial charge in [0.05, 0.1) is 23.1 Å². The van der Waals surface area contributed by atoms with Crippen LogP contribution in [0.1, 0.15) is 0 Å². The van der Waals surface area contributed by atoms with Gasteiger partial charge in [0.2, 0.25) is 0 Å². The van der Waals surface area contributed by atoms with Crippen LogP contribution >= 0.6 is 0 Å². The molecule has 2 aromatic heterocycles. The first-order chi connectivity index (χ1) is 9.43. The van der Waals surface area contributed by atoms with Crippen molar-refractivity contribution < 1.29 is 0 Å². The van der Waals surface area contributed by atoms with Crippen molar-refractivity contribution in [3.05, 3.63) is 61.1 Å². The molecule has 4 aromatic rings. The summed E-state index contributed by atoms with van der Waals surface area (Å²) in [6, 6.07) is 16.4. The number of aromatic amines is 1. The molecule has 4 rings (SSSR count). The molecule has 0 unspecified atom stereocenters. The molecule has 0 amide bonds. The van der Waals surface area contributed by atoms with Crippen molar-refractivity contribution in [3.8, 4) is 11.3 Å². The number of aromatic nitrogens is 3. The van der Waals surface area contributed by atoms with E-state index in [-0.39, 0.29) is 0 Å². The van der Waals surface area contributed by atoms with Crippen LogP contribution in [-0.2, 0) is 0 Å². The second-order valence-electron chi connectivity index (χ2n) is 4.48. The molecule has 0 aliphatic heterocycles. The molecule has 0 bridgehead atoms. The predicted octanol–water partition coefficient (Wildman–Crippen LogP) is 3.78. The first-order valence-electron chi connectivity index (χ1n) is 6.20. The van der Waals surface area contributed by atoms with Crippen molar-refractivity contribution in [2.24, 2.45) is 0 Å². The minimum absolute atomic E-state index is 0.976. The molecule has 19 heavy (non-hydrogen) atoms. The Balaban J connectivity index is 2.18. The van der Waals surface area contributed by atoms with Crippen molar-refractivity contribution in [3.63, 3.8) is 0 Å². The summed E-state index contributed by atoms with van der Waals surface area (Å²) >= 11 is 0. The third-order valence-electron chi connectivity index (χ3n) is 3.37. The van der Waals surface area contributed by atoms with E-state index in [0.717, 1.165) is 27.7 Å². The van der Waals surface area contributed by atoms with Gasteiger partial charge in [0.25, 0.3) is 0 Å². The van der Waals surface area contributed by atoms with Gasteiger partial charge in [-0.2, -0.15) is 0 Å². The molecule has 0 radical (unpaired) electrons.